The predicted molar refractivity (Wildman–Crippen MR) is 46.9 cm³/mol. The molecule has 1 atom stereocenters. The summed E-state index contributed by atoms with van der Waals surface area (Å²) in [5.41, 5.74) is 0. The van der Waals surface area contributed by atoms with Crippen LogP contribution < -0.4 is 0 Å². The minimum absolute atomic E-state index is 0.136. The maximum Gasteiger partial charge on any atom is 0.251 e. The quantitative estimate of drug-likeness (QED) is 0.621. The van der Waals surface area contributed by atoms with Crippen molar-refractivity contribution in [2.24, 2.45) is 0 Å². The Balaban J connectivity index is 2.39. The third-order valence-electron chi connectivity index (χ3n) is 2.37. The number of hydrogen-bond acceptors (Lipinski definition) is 2. The first kappa shape index (κ1) is 9.52. The lowest BCUT2D eigenvalue weighted by Gasteiger charge is -2.28. The van der Waals surface area contributed by atoms with Crippen LogP contribution in [0.2, 0.25) is 0 Å². The lowest BCUT2D eigenvalue weighted by atomic mass is 10.1. The van der Waals surface area contributed by atoms with E-state index in [-0.39, 0.29) is 12.0 Å². The average Bonchev–Trinajstić information content (AvgIpc) is 2.17. The molecule has 0 bridgehead atoms. The van der Waals surface area contributed by atoms with Gasteiger partial charge in [0.25, 0.3) is 5.91 Å². The van der Waals surface area contributed by atoms with Crippen molar-refractivity contribution in [2.45, 2.75) is 32.3 Å². The zero-order valence-electron chi connectivity index (χ0n) is 7.88. The molecule has 1 rings (SSSR count). The fourth-order valence-corrected chi connectivity index (χ4v) is 1.47. The van der Waals surface area contributed by atoms with Crippen LogP contribution >= 0.6 is 0 Å². The van der Waals surface area contributed by atoms with Gasteiger partial charge in [-0.2, -0.15) is 0 Å². The highest BCUT2D eigenvalue weighted by molar-refractivity contribution is 5.80. The van der Waals surface area contributed by atoms with Crippen LogP contribution in [-0.4, -0.2) is 37.1 Å². The van der Waals surface area contributed by atoms with Gasteiger partial charge in [-0.1, -0.05) is 0 Å². The summed E-state index contributed by atoms with van der Waals surface area (Å²) in [5.74, 6) is 0.136. The first-order valence-electron chi connectivity index (χ1n) is 4.57. The van der Waals surface area contributed by atoms with Crippen LogP contribution in [0.3, 0.4) is 0 Å². The molecule has 12 heavy (non-hydrogen) atoms. The molecule has 1 heterocycles. The molecule has 1 aliphatic heterocycles. The molecule has 0 aromatic heterocycles. The molecule has 0 unspecified atom stereocenters. The number of carbonyl (C=O) groups is 1. The van der Waals surface area contributed by atoms with Crippen LogP contribution in [0.1, 0.15) is 26.2 Å². The third kappa shape index (κ3) is 2.21. The Hall–Kier alpha value is -0.570. The summed E-state index contributed by atoms with van der Waals surface area (Å²) < 4.78 is 4.97. The van der Waals surface area contributed by atoms with E-state index >= 15 is 0 Å². The molecule has 1 saturated heterocycles. The summed E-state index contributed by atoms with van der Waals surface area (Å²) >= 11 is 0. The van der Waals surface area contributed by atoms with Gasteiger partial charge in [0, 0.05) is 20.2 Å². The highest BCUT2D eigenvalue weighted by Crippen LogP contribution is 2.10. The molecule has 1 aliphatic rings. The normalized spacial score (nSPS) is 20.7. The van der Waals surface area contributed by atoms with Crippen LogP contribution in [-0.2, 0) is 9.53 Å². The highest BCUT2D eigenvalue weighted by Gasteiger charge is 2.21. The third-order valence-corrected chi connectivity index (χ3v) is 2.37. The zero-order valence-corrected chi connectivity index (χ0v) is 7.88. The van der Waals surface area contributed by atoms with Gasteiger partial charge in [-0.15, -0.1) is 0 Å². The Kier molecular flexibility index (Phi) is 3.53. The number of methoxy groups -OCH3 is 1. The van der Waals surface area contributed by atoms with Crippen molar-refractivity contribution in [1.29, 1.82) is 0 Å². The van der Waals surface area contributed by atoms with Gasteiger partial charge in [0.1, 0.15) is 6.10 Å². The first-order chi connectivity index (χ1) is 5.75. The maximum absolute atomic E-state index is 11.5. The minimum atomic E-state index is -0.275. The van der Waals surface area contributed by atoms with E-state index in [1.807, 2.05) is 4.90 Å². The van der Waals surface area contributed by atoms with Gasteiger partial charge in [0.05, 0.1) is 0 Å². The Labute approximate surface area is 73.7 Å². The molecule has 0 aromatic rings. The van der Waals surface area contributed by atoms with E-state index in [1.165, 1.54) is 6.42 Å². The molecule has 0 aromatic carbocycles. The van der Waals surface area contributed by atoms with E-state index in [2.05, 4.69) is 0 Å². The summed E-state index contributed by atoms with van der Waals surface area (Å²) in [6.45, 7) is 3.62. The van der Waals surface area contributed by atoms with E-state index in [9.17, 15) is 4.79 Å². The van der Waals surface area contributed by atoms with Gasteiger partial charge in [-0.3, -0.25) is 4.79 Å². The summed E-state index contributed by atoms with van der Waals surface area (Å²) in [7, 11) is 1.58. The summed E-state index contributed by atoms with van der Waals surface area (Å²) in [6, 6.07) is 0. The maximum atomic E-state index is 11.5. The van der Waals surface area contributed by atoms with Crippen molar-refractivity contribution in [3.05, 3.63) is 0 Å². The van der Waals surface area contributed by atoms with Crippen molar-refractivity contribution in [3.8, 4) is 0 Å². The fraction of sp³-hybridized carbons (Fsp3) is 0.889. The molecule has 1 amide bonds. The van der Waals surface area contributed by atoms with Crippen molar-refractivity contribution in [2.75, 3.05) is 20.2 Å². The lowest BCUT2D eigenvalue weighted by Crippen LogP contribution is -2.41. The predicted octanol–water partition coefficient (Wildman–Crippen LogP) is 1.03. The van der Waals surface area contributed by atoms with Gasteiger partial charge < -0.3 is 9.64 Å². The summed E-state index contributed by atoms with van der Waals surface area (Å²) in [4.78, 5) is 13.4. The zero-order chi connectivity index (χ0) is 8.97. The Morgan fingerprint density at radius 2 is 1.92 bits per heavy atom. The first-order valence-corrected chi connectivity index (χ1v) is 4.57. The van der Waals surface area contributed by atoms with Crippen LogP contribution in [0.5, 0.6) is 0 Å². The average molecular weight is 171 g/mol. The number of carbonyl (C=O) groups excluding carboxylic acids is 1. The van der Waals surface area contributed by atoms with E-state index in [1.54, 1.807) is 14.0 Å². The molecule has 0 N–H and O–H groups in total. The molecular formula is C9H17NO2. The lowest BCUT2D eigenvalue weighted by molar-refractivity contribution is -0.141. The van der Waals surface area contributed by atoms with Crippen LogP contribution in [0.15, 0.2) is 0 Å². The van der Waals surface area contributed by atoms with Crippen molar-refractivity contribution in [1.82, 2.24) is 4.90 Å². The summed E-state index contributed by atoms with van der Waals surface area (Å²) in [6.07, 6.45) is 3.26. The molecule has 0 aliphatic carbocycles. The van der Waals surface area contributed by atoms with Gasteiger partial charge >= 0.3 is 0 Å². The fourth-order valence-electron chi connectivity index (χ4n) is 1.47. The van der Waals surface area contributed by atoms with Crippen molar-refractivity contribution in [3.63, 3.8) is 0 Å². The highest BCUT2D eigenvalue weighted by atomic mass is 16.5. The monoisotopic (exact) mass is 171 g/mol. The SMILES string of the molecule is CO[C@@H](C)C(=O)N1CCCCC1. The Morgan fingerprint density at radius 1 is 1.33 bits per heavy atom. The number of piperidine rings is 1. The second-order valence-corrected chi connectivity index (χ2v) is 3.26. The number of nitrogens with zero attached hydrogens (tertiary/aromatic N) is 1. The van der Waals surface area contributed by atoms with E-state index in [0.717, 1.165) is 25.9 Å². The number of ether oxygens (including phenoxy) is 1. The van der Waals surface area contributed by atoms with Crippen LogP contribution in [0.25, 0.3) is 0 Å². The van der Waals surface area contributed by atoms with Gasteiger partial charge in [0.15, 0.2) is 0 Å². The molecular weight excluding hydrogens is 154 g/mol. The largest absolute Gasteiger partial charge is 0.372 e. The smallest absolute Gasteiger partial charge is 0.251 e. The van der Waals surface area contributed by atoms with E-state index < -0.39 is 0 Å². The molecule has 0 saturated carbocycles. The van der Waals surface area contributed by atoms with Gasteiger partial charge in [-0.25, -0.2) is 0 Å². The number of likely N-dealkylation sites (tertiary alicyclic amines) is 1. The Bertz CT molecular complexity index is 153. The second-order valence-electron chi connectivity index (χ2n) is 3.26. The van der Waals surface area contributed by atoms with Crippen LogP contribution in [0.4, 0.5) is 0 Å². The molecule has 70 valence electrons. The van der Waals surface area contributed by atoms with Crippen LogP contribution in [0, 0.1) is 0 Å². The molecule has 1 fully saturated rings. The molecule has 0 spiro atoms. The number of hydrogen-bond donors (Lipinski definition) is 0. The van der Waals surface area contributed by atoms with E-state index in [0.29, 0.717) is 0 Å². The standard InChI is InChI=1S/C9H17NO2/c1-8(12-2)9(11)10-6-4-3-5-7-10/h8H,3-7H2,1-2H3/t8-/m0/s1. The molecule has 3 heteroatoms. The molecule has 0 radical (unpaired) electrons. The number of rotatable bonds is 2. The van der Waals surface area contributed by atoms with Crippen molar-refractivity contribution < 1.29 is 9.53 Å². The Morgan fingerprint density at radius 3 is 2.42 bits per heavy atom. The van der Waals surface area contributed by atoms with Crippen molar-refractivity contribution >= 4 is 5.91 Å². The molecule has 3 nitrogen and oxygen atoms in total. The van der Waals surface area contributed by atoms with Gasteiger partial charge in [-0.05, 0) is 26.2 Å². The second kappa shape index (κ2) is 4.45. The number of amides is 1. The van der Waals surface area contributed by atoms with Gasteiger partial charge in [0.2, 0.25) is 0 Å². The van der Waals surface area contributed by atoms with E-state index in [4.69, 9.17) is 4.74 Å². The topological polar surface area (TPSA) is 29.5 Å². The summed E-state index contributed by atoms with van der Waals surface area (Å²) in [5, 5.41) is 0. The minimum Gasteiger partial charge on any atom is -0.372 e.